The second kappa shape index (κ2) is 3.11. The van der Waals surface area contributed by atoms with Gasteiger partial charge in [-0.2, -0.15) is 0 Å². The van der Waals surface area contributed by atoms with E-state index < -0.39 is 0 Å². The second-order valence-electron chi connectivity index (χ2n) is 4.39. The van der Waals surface area contributed by atoms with Gasteiger partial charge in [0.25, 0.3) is 0 Å². The summed E-state index contributed by atoms with van der Waals surface area (Å²) in [5.41, 5.74) is 1.20. The van der Waals surface area contributed by atoms with Crippen molar-refractivity contribution in [3.05, 3.63) is 60.8 Å². The molecule has 4 rings (SSSR count). The van der Waals surface area contributed by atoms with Gasteiger partial charge in [0.15, 0.2) is 0 Å². The standard InChI is InChI=1S/C16H11N/c1-2-4-13-11(3-1)5-6-12-7-8-15-14(16(12)13)9-10-17-15/h1-10,17H. The van der Waals surface area contributed by atoms with Crippen LogP contribution >= 0.6 is 0 Å². The topological polar surface area (TPSA) is 15.8 Å². The van der Waals surface area contributed by atoms with Gasteiger partial charge in [-0.15, -0.1) is 0 Å². The summed E-state index contributed by atoms with van der Waals surface area (Å²) in [7, 11) is 0. The van der Waals surface area contributed by atoms with Crippen molar-refractivity contribution in [1.82, 2.24) is 4.98 Å². The van der Waals surface area contributed by atoms with E-state index in [9.17, 15) is 0 Å². The van der Waals surface area contributed by atoms with Gasteiger partial charge in [-0.3, -0.25) is 0 Å². The lowest BCUT2D eigenvalue weighted by Gasteiger charge is -2.05. The summed E-state index contributed by atoms with van der Waals surface area (Å²) < 4.78 is 0. The van der Waals surface area contributed by atoms with Crippen molar-refractivity contribution in [2.45, 2.75) is 0 Å². The minimum Gasteiger partial charge on any atom is -0.361 e. The molecule has 0 atom stereocenters. The quantitative estimate of drug-likeness (QED) is 0.418. The van der Waals surface area contributed by atoms with E-state index in [2.05, 4.69) is 59.6 Å². The summed E-state index contributed by atoms with van der Waals surface area (Å²) in [5, 5.41) is 6.58. The molecule has 0 aliphatic carbocycles. The molecule has 0 spiro atoms. The number of aromatic amines is 1. The Morgan fingerprint density at radius 2 is 1.47 bits per heavy atom. The van der Waals surface area contributed by atoms with Crippen molar-refractivity contribution in [2.24, 2.45) is 0 Å². The predicted octanol–water partition coefficient (Wildman–Crippen LogP) is 4.47. The summed E-state index contributed by atoms with van der Waals surface area (Å²) in [4.78, 5) is 3.28. The van der Waals surface area contributed by atoms with Crippen LogP contribution in [0.15, 0.2) is 60.8 Å². The number of rotatable bonds is 0. The number of hydrogen-bond donors (Lipinski definition) is 1. The summed E-state index contributed by atoms with van der Waals surface area (Å²) in [6, 6.07) is 19.4. The highest BCUT2D eigenvalue weighted by Gasteiger charge is 2.04. The fourth-order valence-corrected chi connectivity index (χ4v) is 2.64. The summed E-state index contributed by atoms with van der Waals surface area (Å²) in [6.07, 6.45) is 2.01. The Morgan fingerprint density at radius 3 is 2.47 bits per heavy atom. The Labute approximate surface area is 98.7 Å². The predicted molar refractivity (Wildman–Crippen MR) is 73.3 cm³/mol. The Morgan fingerprint density at radius 1 is 0.647 bits per heavy atom. The molecule has 0 saturated carbocycles. The molecule has 17 heavy (non-hydrogen) atoms. The van der Waals surface area contributed by atoms with Crippen molar-refractivity contribution < 1.29 is 0 Å². The van der Waals surface area contributed by atoms with Crippen molar-refractivity contribution >= 4 is 32.4 Å². The van der Waals surface area contributed by atoms with Crippen LogP contribution in [0.25, 0.3) is 32.4 Å². The highest BCUT2D eigenvalue weighted by atomic mass is 14.7. The van der Waals surface area contributed by atoms with Gasteiger partial charge in [0.2, 0.25) is 0 Å². The second-order valence-corrected chi connectivity index (χ2v) is 4.39. The van der Waals surface area contributed by atoms with Gasteiger partial charge in [-0.05, 0) is 33.7 Å². The molecular weight excluding hydrogens is 206 g/mol. The van der Waals surface area contributed by atoms with Crippen LogP contribution in [0, 0.1) is 0 Å². The van der Waals surface area contributed by atoms with Gasteiger partial charge < -0.3 is 4.98 Å². The summed E-state index contributed by atoms with van der Waals surface area (Å²) >= 11 is 0. The Kier molecular flexibility index (Phi) is 1.61. The highest BCUT2D eigenvalue weighted by Crippen LogP contribution is 2.31. The van der Waals surface area contributed by atoms with Crippen LogP contribution in [-0.2, 0) is 0 Å². The molecule has 0 amide bonds. The van der Waals surface area contributed by atoms with E-state index in [4.69, 9.17) is 0 Å². The lowest BCUT2D eigenvalue weighted by Crippen LogP contribution is -1.78. The van der Waals surface area contributed by atoms with Crippen LogP contribution in [-0.4, -0.2) is 4.98 Å². The van der Waals surface area contributed by atoms with Gasteiger partial charge >= 0.3 is 0 Å². The molecular formula is C16H11N. The maximum absolute atomic E-state index is 3.28. The normalized spacial score (nSPS) is 11.5. The SMILES string of the molecule is c1ccc2c(c1)ccc1ccc3[nH]ccc3c12. The van der Waals surface area contributed by atoms with Gasteiger partial charge in [-0.1, -0.05) is 42.5 Å². The number of fused-ring (bicyclic) bond motifs is 5. The van der Waals surface area contributed by atoms with E-state index in [0.29, 0.717) is 0 Å². The first-order valence-electron chi connectivity index (χ1n) is 5.81. The van der Waals surface area contributed by atoms with Crippen LogP contribution in [0.2, 0.25) is 0 Å². The maximum atomic E-state index is 3.28. The molecule has 0 aliphatic rings. The first kappa shape index (κ1) is 8.82. The zero-order valence-electron chi connectivity index (χ0n) is 9.27. The molecule has 1 heteroatoms. The van der Waals surface area contributed by atoms with Crippen LogP contribution in [0.3, 0.4) is 0 Å². The molecule has 1 nitrogen and oxygen atoms in total. The number of aromatic nitrogens is 1. The van der Waals surface area contributed by atoms with Crippen LogP contribution in [0.1, 0.15) is 0 Å². The fraction of sp³-hybridized carbons (Fsp3) is 0. The van der Waals surface area contributed by atoms with E-state index in [0.717, 1.165) is 0 Å². The molecule has 4 aromatic rings. The lowest BCUT2D eigenvalue weighted by molar-refractivity contribution is 1.48. The Hall–Kier alpha value is -2.28. The fourth-order valence-electron chi connectivity index (χ4n) is 2.64. The zero-order valence-corrected chi connectivity index (χ0v) is 9.27. The molecule has 0 fully saturated rings. The Balaban J connectivity index is 2.41. The first-order chi connectivity index (χ1) is 8.43. The number of H-pyrrole nitrogens is 1. The maximum Gasteiger partial charge on any atom is 0.0460 e. The summed E-state index contributed by atoms with van der Waals surface area (Å²) in [6.45, 7) is 0. The summed E-state index contributed by atoms with van der Waals surface area (Å²) in [5.74, 6) is 0. The third kappa shape index (κ3) is 1.14. The molecule has 80 valence electrons. The molecule has 0 unspecified atom stereocenters. The minimum absolute atomic E-state index is 1.20. The largest absolute Gasteiger partial charge is 0.361 e. The number of nitrogens with one attached hydrogen (secondary N) is 1. The van der Waals surface area contributed by atoms with Crippen molar-refractivity contribution in [3.63, 3.8) is 0 Å². The third-order valence-corrected chi connectivity index (χ3v) is 3.44. The van der Waals surface area contributed by atoms with E-state index in [1.54, 1.807) is 0 Å². The molecule has 1 N–H and O–H groups in total. The van der Waals surface area contributed by atoms with Gasteiger partial charge in [-0.25, -0.2) is 0 Å². The van der Waals surface area contributed by atoms with E-state index in [1.165, 1.54) is 32.4 Å². The van der Waals surface area contributed by atoms with E-state index in [1.807, 2.05) is 6.20 Å². The Bertz CT molecular complexity index is 840. The van der Waals surface area contributed by atoms with E-state index >= 15 is 0 Å². The van der Waals surface area contributed by atoms with Gasteiger partial charge in [0, 0.05) is 17.1 Å². The molecule has 1 heterocycles. The monoisotopic (exact) mass is 217 g/mol. The van der Waals surface area contributed by atoms with Crippen LogP contribution < -0.4 is 0 Å². The minimum atomic E-state index is 1.20. The van der Waals surface area contributed by atoms with Crippen molar-refractivity contribution in [2.75, 3.05) is 0 Å². The lowest BCUT2D eigenvalue weighted by atomic mass is 9.99. The van der Waals surface area contributed by atoms with Crippen LogP contribution in [0.5, 0.6) is 0 Å². The number of hydrogen-bond acceptors (Lipinski definition) is 0. The molecule has 0 aliphatic heterocycles. The molecule has 0 bridgehead atoms. The highest BCUT2D eigenvalue weighted by molar-refractivity contribution is 6.19. The molecule has 1 aromatic heterocycles. The first-order valence-corrected chi connectivity index (χ1v) is 5.81. The molecule has 0 radical (unpaired) electrons. The smallest absolute Gasteiger partial charge is 0.0460 e. The van der Waals surface area contributed by atoms with Gasteiger partial charge in [0.1, 0.15) is 0 Å². The van der Waals surface area contributed by atoms with Crippen molar-refractivity contribution in [1.29, 1.82) is 0 Å². The third-order valence-electron chi connectivity index (χ3n) is 3.44. The molecule has 0 saturated heterocycles. The average Bonchev–Trinajstić information content (AvgIpc) is 2.86. The number of benzene rings is 3. The average molecular weight is 217 g/mol. The van der Waals surface area contributed by atoms with Crippen molar-refractivity contribution in [3.8, 4) is 0 Å². The zero-order chi connectivity index (χ0) is 11.2. The van der Waals surface area contributed by atoms with Gasteiger partial charge in [0.05, 0.1) is 0 Å². The molecule has 3 aromatic carbocycles. The van der Waals surface area contributed by atoms with Crippen LogP contribution in [0.4, 0.5) is 0 Å². The van der Waals surface area contributed by atoms with E-state index in [-0.39, 0.29) is 0 Å².